The molecule has 2 rings (SSSR count). The lowest BCUT2D eigenvalue weighted by Crippen LogP contribution is -2.38. The van der Waals surface area contributed by atoms with Gasteiger partial charge in [-0.05, 0) is 12.8 Å². The zero-order valence-corrected chi connectivity index (χ0v) is 9.84. The van der Waals surface area contributed by atoms with Crippen LogP contribution in [0.15, 0.2) is 12.4 Å². The first-order valence-electron chi connectivity index (χ1n) is 6.01. The average molecular weight is 237 g/mol. The highest BCUT2D eigenvalue weighted by molar-refractivity contribution is 5.48. The molecule has 0 radical (unpaired) electrons. The quantitative estimate of drug-likeness (QED) is 0.524. The fourth-order valence-electron chi connectivity index (χ4n) is 2.25. The second-order valence-electron chi connectivity index (χ2n) is 4.28. The van der Waals surface area contributed by atoms with E-state index in [2.05, 4.69) is 20.3 Å². The molecule has 1 aliphatic rings. The maximum Gasteiger partial charge on any atom is 0.145 e. The molecule has 1 atom stereocenters. The maximum atomic E-state index is 9.45. The monoisotopic (exact) mass is 237 g/mol. The molecule has 1 saturated heterocycles. The molecule has 0 saturated carbocycles. The van der Waals surface area contributed by atoms with Crippen LogP contribution in [-0.2, 0) is 0 Å². The number of aliphatic hydroxyl groups is 1. The first-order chi connectivity index (χ1) is 8.35. The molecule has 4 N–H and O–H groups in total. The van der Waals surface area contributed by atoms with Crippen LogP contribution in [-0.4, -0.2) is 34.3 Å². The van der Waals surface area contributed by atoms with Gasteiger partial charge in [0.1, 0.15) is 18.0 Å². The van der Waals surface area contributed by atoms with E-state index < -0.39 is 0 Å². The molecular formula is C11H19N5O. The van der Waals surface area contributed by atoms with Gasteiger partial charge in [-0.25, -0.2) is 15.8 Å². The van der Waals surface area contributed by atoms with Crippen LogP contribution in [0.3, 0.4) is 0 Å². The summed E-state index contributed by atoms with van der Waals surface area (Å²) in [6, 6.07) is 1.96. The Morgan fingerprint density at radius 1 is 1.41 bits per heavy atom. The van der Waals surface area contributed by atoms with Crippen molar-refractivity contribution in [1.82, 2.24) is 9.97 Å². The Bertz CT molecular complexity index is 359. The summed E-state index contributed by atoms with van der Waals surface area (Å²) < 4.78 is 0. The Hall–Kier alpha value is -1.40. The van der Waals surface area contributed by atoms with Gasteiger partial charge in [0, 0.05) is 12.6 Å². The number of nitrogens with zero attached hydrogens (tertiary/aromatic N) is 3. The Labute approximate surface area is 101 Å². The molecule has 0 bridgehead atoms. The summed E-state index contributed by atoms with van der Waals surface area (Å²) in [7, 11) is 0. The van der Waals surface area contributed by atoms with E-state index >= 15 is 0 Å². The van der Waals surface area contributed by atoms with Crippen molar-refractivity contribution in [3.05, 3.63) is 12.4 Å². The normalized spacial score (nSPS) is 21.1. The first-order valence-corrected chi connectivity index (χ1v) is 6.01. The number of hydrazine groups is 1. The van der Waals surface area contributed by atoms with Gasteiger partial charge in [-0.1, -0.05) is 12.8 Å². The average Bonchev–Trinajstić information content (AvgIpc) is 2.63. The Balaban J connectivity index is 2.21. The van der Waals surface area contributed by atoms with E-state index in [1.54, 1.807) is 0 Å². The van der Waals surface area contributed by atoms with Crippen molar-refractivity contribution in [3.8, 4) is 0 Å². The van der Waals surface area contributed by atoms with Crippen LogP contribution < -0.4 is 16.2 Å². The van der Waals surface area contributed by atoms with Crippen molar-refractivity contribution in [2.45, 2.75) is 31.7 Å². The summed E-state index contributed by atoms with van der Waals surface area (Å²) >= 11 is 0. The lowest BCUT2D eigenvalue weighted by molar-refractivity contribution is 0.254. The van der Waals surface area contributed by atoms with Crippen molar-refractivity contribution in [1.29, 1.82) is 0 Å². The molecule has 1 aromatic heterocycles. The highest BCUT2D eigenvalue weighted by atomic mass is 16.3. The molecule has 0 aromatic carbocycles. The number of rotatable bonds is 3. The third-order valence-corrected chi connectivity index (χ3v) is 3.18. The lowest BCUT2D eigenvalue weighted by atomic mass is 10.1. The SMILES string of the molecule is NNc1cc(N2CCCCCC2CO)ncn1. The van der Waals surface area contributed by atoms with Crippen LogP contribution in [0.4, 0.5) is 11.6 Å². The standard InChI is InChI=1S/C11H19N5O/c12-15-10-6-11(14-8-13-10)16-5-3-1-2-4-9(16)7-17/h6,8-9,17H,1-5,7,12H2,(H,13,14,15). The minimum Gasteiger partial charge on any atom is -0.394 e. The van der Waals surface area contributed by atoms with Crippen molar-refractivity contribution in [2.75, 3.05) is 23.5 Å². The van der Waals surface area contributed by atoms with Crippen LogP contribution in [0, 0.1) is 0 Å². The smallest absolute Gasteiger partial charge is 0.145 e. The molecule has 0 aliphatic carbocycles. The summed E-state index contributed by atoms with van der Waals surface area (Å²) in [5, 5.41) is 9.45. The molecule has 1 aromatic rings. The number of aliphatic hydroxyl groups excluding tert-OH is 1. The summed E-state index contributed by atoms with van der Waals surface area (Å²) in [6.45, 7) is 1.08. The predicted octanol–water partition coefficient (Wildman–Crippen LogP) is 0.503. The maximum absolute atomic E-state index is 9.45. The summed E-state index contributed by atoms with van der Waals surface area (Å²) in [5.41, 5.74) is 2.51. The van der Waals surface area contributed by atoms with E-state index in [1.165, 1.54) is 12.7 Å². The largest absolute Gasteiger partial charge is 0.394 e. The lowest BCUT2D eigenvalue weighted by Gasteiger charge is -2.29. The van der Waals surface area contributed by atoms with Crippen LogP contribution in [0.5, 0.6) is 0 Å². The van der Waals surface area contributed by atoms with E-state index in [1.807, 2.05) is 6.07 Å². The van der Waals surface area contributed by atoms with Gasteiger partial charge in [0.2, 0.25) is 0 Å². The minimum absolute atomic E-state index is 0.151. The zero-order valence-electron chi connectivity index (χ0n) is 9.84. The highest BCUT2D eigenvalue weighted by Crippen LogP contribution is 2.23. The van der Waals surface area contributed by atoms with Gasteiger partial charge in [-0.15, -0.1) is 0 Å². The molecule has 1 unspecified atom stereocenters. The number of aromatic nitrogens is 2. The van der Waals surface area contributed by atoms with Crippen LogP contribution in [0.1, 0.15) is 25.7 Å². The van der Waals surface area contributed by atoms with Gasteiger partial charge >= 0.3 is 0 Å². The third-order valence-electron chi connectivity index (χ3n) is 3.18. The topological polar surface area (TPSA) is 87.3 Å². The Morgan fingerprint density at radius 3 is 3.06 bits per heavy atom. The fraction of sp³-hybridized carbons (Fsp3) is 0.636. The van der Waals surface area contributed by atoms with Crippen LogP contribution in [0.2, 0.25) is 0 Å². The summed E-state index contributed by atoms with van der Waals surface area (Å²) in [4.78, 5) is 10.4. The third kappa shape index (κ3) is 2.83. The van der Waals surface area contributed by atoms with E-state index in [0.29, 0.717) is 5.82 Å². The van der Waals surface area contributed by atoms with Crippen LogP contribution >= 0.6 is 0 Å². The van der Waals surface area contributed by atoms with Gasteiger partial charge in [-0.2, -0.15) is 0 Å². The molecule has 0 spiro atoms. The fourth-order valence-corrected chi connectivity index (χ4v) is 2.25. The van der Waals surface area contributed by atoms with E-state index in [9.17, 15) is 5.11 Å². The molecule has 1 aliphatic heterocycles. The molecule has 94 valence electrons. The van der Waals surface area contributed by atoms with E-state index in [0.717, 1.165) is 31.6 Å². The Kier molecular flexibility index (Phi) is 4.11. The zero-order chi connectivity index (χ0) is 12.1. The first kappa shape index (κ1) is 12.1. The van der Waals surface area contributed by atoms with E-state index in [4.69, 9.17) is 5.84 Å². The van der Waals surface area contributed by atoms with Crippen molar-refractivity contribution >= 4 is 11.6 Å². The second-order valence-corrected chi connectivity index (χ2v) is 4.28. The summed E-state index contributed by atoms with van der Waals surface area (Å²) in [5.74, 6) is 6.76. The summed E-state index contributed by atoms with van der Waals surface area (Å²) in [6.07, 6.45) is 6.00. The van der Waals surface area contributed by atoms with Gasteiger partial charge in [-0.3, -0.25) is 0 Å². The van der Waals surface area contributed by atoms with Gasteiger partial charge in [0.15, 0.2) is 0 Å². The van der Waals surface area contributed by atoms with Crippen molar-refractivity contribution in [2.24, 2.45) is 5.84 Å². The highest BCUT2D eigenvalue weighted by Gasteiger charge is 2.21. The van der Waals surface area contributed by atoms with Crippen molar-refractivity contribution in [3.63, 3.8) is 0 Å². The molecule has 2 heterocycles. The minimum atomic E-state index is 0.151. The van der Waals surface area contributed by atoms with Crippen molar-refractivity contribution < 1.29 is 5.11 Å². The van der Waals surface area contributed by atoms with Gasteiger partial charge in [0.05, 0.1) is 12.6 Å². The number of hydrogen-bond acceptors (Lipinski definition) is 6. The second kappa shape index (κ2) is 5.79. The van der Waals surface area contributed by atoms with E-state index in [-0.39, 0.29) is 12.6 Å². The molecule has 0 amide bonds. The number of nitrogens with one attached hydrogen (secondary N) is 1. The number of anilines is 2. The number of nitrogens with two attached hydrogens (primary N) is 1. The molecular weight excluding hydrogens is 218 g/mol. The predicted molar refractivity (Wildman–Crippen MR) is 66.5 cm³/mol. The molecule has 6 heteroatoms. The van der Waals surface area contributed by atoms with Gasteiger partial charge in [0.25, 0.3) is 0 Å². The molecule has 1 fully saturated rings. The van der Waals surface area contributed by atoms with Gasteiger partial charge < -0.3 is 15.4 Å². The molecule has 6 nitrogen and oxygen atoms in total. The Morgan fingerprint density at radius 2 is 2.29 bits per heavy atom. The van der Waals surface area contributed by atoms with Crippen LogP contribution in [0.25, 0.3) is 0 Å². The molecule has 17 heavy (non-hydrogen) atoms. The number of nitrogen functional groups attached to an aromatic ring is 1. The number of hydrogen-bond donors (Lipinski definition) is 3.